The van der Waals surface area contributed by atoms with Crippen LogP contribution in [-0.4, -0.2) is 35.9 Å². The Kier molecular flexibility index (Phi) is 4.90. The van der Waals surface area contributed by atoms with Gasteiger partial charge in [0.05, 0.1) is 24.8 Å². The molecule has 0 bridgehead atoms. The summed E-state index contributed by atoms with van der Waals surface area (Å²) in [5, 5.41) is 4.03. The Hall–Kier alpha value is -4.06. The number of likely N-dealkylation sites (N-methyl/N-ethyl adjacent to an activating group) is 1. The van der Waals surface area contributed by atoms with Crippen LogP contribution in [0.2, 0.25) is 0 Å². The van der Waals surface area contributed by atoms with Gasteiger partial charge in [-0.05, 0) is 29.8 Å². The van der Waals surface area contributed by atoms with Gasteiger partial charge in [-0.3, -0.25) is 9.59 Å². The molecule has 1 aliphatic rings. The molecule has 4 aromatic rings. The number of carbonyl (C=O) groups is 2. The third-order valence-electron chi connectivity index (χ3n) is 6.17. The molecular weight excluding hydrogens is 402 g/mol. The van der Waals surface area contributed by atoms with Crippen LogP contribution >= 0.6 is 0 Å². The molecule has 32 heavy (non-hydrogen) atoms. The van der Waals surface area contributed by atoms with Gasteiger partial charge in [-0.1, -0.05) is 48.5 Å². The number of carbonyl (C=O) groups excluding carboxylic acids is 2. The van der Waals surface area contributed by atoms with E-state index >= 15 is 0 Å². The Bertz CT molecular complexity index is 1330. The van der Waals surface area contributed by atoms with E-state index in [1.54, 1.807) is 37.3 Å². The number of hydrogen-bond donors (Lipinski definition) is 2. The largest absolute Gasteiger partial charge is 0.495 e. The molecule has 3 aromatic carbocycles. The first-order valence-electron chi connectivity index (χ1n) is 10.5. The molecule has 0 saturated heterocycles. The summed E-state index contributed by atoms with van der Waals surface area (Å²) < 4.78 is 5.41. The number of fused-ring (bicyclic) bond motifs is 2. The van der Waals surface area contributed by atoms with Crippen LogP contribution in [0.1, 0.15) is 33.4 Å². The standard InChI is InChI=1S/C26H23N3O3/c1-29-24(19-15-27-20-12-6-5-9-16(19)20)23(17-10-3-4-11-18(17)26(29)31)25(30)28-21-13-7-8-14-22(21)32-2/h3-15,23-24,27H,1-2H3,(H,28,30)/t23-,24-/m0/s1. The van der Waals surface area contributed by atoms with Crippen LogP contribution in [0.25, 0.3) is 10.9 Å². The van der Waals surface area contributed by atoms with E-state index in [4.69, 9.17) is 4.74 Å². The highest BCUT2D eigenvalue weighted by Gasteiger charge is 2.43. The Balaban J connectivity index is 1.66. The molecule has 0 saturated carbocycles. The highest BCUT2D eigenvalue weighted by atomic mass is 16.5. The fourth-order valence-corrected chi connectivity index (χ4v) is 4.64. The summed E-state index contributed by atoms with van der Waals surface area (Å²) in [6, 6.07) is 22.1. The van der Waals surface area contributed by atoms with E-state index in [2.05, 4.69) is 10.3 Å². The van der Waals surface area contributed by atoms with Gasteiger partial charge in [0.1, 0.15) is 5.75 Å². The van der Waals surface area contributed by atoms with Crippen molar-refractivity contribution < 1.29 is 14.3 Å². The van der Waals surface area contributed by atoms with Gasteiger partial charge in [-0.2, -0.15) is 0 Å². The second-order valence-electron chi connectivity index (χ2n) is 7.90. The number of aromatic amines is 1. The number of ether oxygens (including phenoxy) is 1. The quantitative estimate of drug-likeness (QED) is 0.497. The molecule has 0 fully saturated rings. The van der Waals surface area contributed by atoms with Crippen LogP contribution in [0.4, 0.5) is 5.69 Å². The maximum Gasteiger partial charge on any atom is 0.254 e. The van der Waals surface area contributed by atoms with Gasteiger partial charge < -0.3 is 19.9 Å². The molecule has 1 aliphatic heterocycles. The first kappa shape index (κ1) is 19.9. The Morgan fingerprint density at radius 1 is 0.969 bits per heavy atom. The topological polar surface area (TPSA) is 74.4 Å². The zero-order chi connectivity index (χ0) is 22.2. The number of methoxy groups -OCH3 is 1. The predicted octanol–water partition coefficient (Wildman–Crippen LogP) is 4.73. The van der Waals surface area contributed by atoms with Crippen LogP contribution in [0.3, 0.4) is 0 Å². The van der Waals surface area contributed by atoms with Crippen LogP contribution in [-0.2, 0) is 4.79 Å². The molecule has 6 heteroatoms. The van der Waals surface area contributed by atoms with Gasteiger partial charge in [-0.15, -0.1) is 0 Å². The first-order valence-corrected chi connectivity index (χ1v) is 10.5. The first-order chi connectivity index (χ1) is 15.6. The van der Waals surface area contributed by atoms with Crippen LogP contribution in [0.5, 0.6) is 5.75 Å². The average Bonchev–Trinajstić information content (AvgIpc) is 3.25. The number of anilines is 1. The summed E-state index contributed by atoms with van der Waals surface area (Å²) in [4.78, 5) is 32.0. The minimum absolute atomic E-state index is 0.0998. The molecule has 0 spiro atoms. The van der Waals surface area contributed by atoms with E-state index in [0.717, 1.165) is 22.0 Å². The monoisotopic (exact) mass is 425 g/mol. The fraction of sp³-hybridized carbons (Fsp3) is 0.154. The van der Waals surface area contributed by atoms with Crippen molar-refractivity contribution in [2.75, 3.05) is 19.5 Å². The molecule has 2 heterocycles. The highest BCUT2D eigenvalue weighted by Crippen LogP contribution is 2.44. The highest BCUT2D eigenvalue weighted by molar-refractivity contribution is 6.05. The number of nitrogens with zero attached hydrogens (tertiary/aromatic N) is 1. The minimum Gasteiger partial charge on any atom is -0.495 e. The normalized spacial score (nSPS) is 17.8. The Morgan fingerprint density at radius 2 is 1.69 bits per heavy atom. The molecule has 0 aliphatic carbocycles. The minimum atomic E-state index is -0.599. The van der Waals surface area contributed by atoms with E-state index in [0.29, 0.717) is 17.0 Å². The van der Waals surface area contributed by atoms with Gasteiger partial charge >= 0.3 is 0 Å². The fourth-order valence-electron chi connectivity index (χ4n) is 4.64. The number of benzene rings is 3. The van der Waals surface area contributed by atoms with Crippen molar-refractivity contribution in [1.29, 1.82) is 0 Å². The molecule has 5 rings (SSSR count). The summed E-state index contributed by atoms with van der Waals surface area (Å²) in [7, 11) is 3.33. The number of para-hydroxylation sites is 3. The zero-order valence-corrected chi connectivity index (χ0v) is 17.8. The molecule has 2 N–H and O–H groups in total. The number of hydrogen-bond acceptors (Lipinski definition) is 3. The number of H-pyrrole nitrogens is 1. The molecule has 1 aromatic heterocycles. The van der Waals surface area contributed by atoms with Crippen molar-refractivity contribution in [2.24, 2.45) is 0 Å². The van der Waals surface area contributed by atoms with Crippen molar-refractivity contribution in [3.05, 3.63) is 95.7 Å². The lowest BCUT2D eigenvalue weighted by Gasteiger charge is -2.39. The third kappa shape index (κ3) is 3.12. The van der Waals surface area contributed by atoms with Crippen LogP contribution in [0.15, 0.2) is 79.0 Å². The van der Waals surface area contributed by atoms with Crippen molar-refractivity contribution in [2.45, 2.75) is 12.0 Å². The summed E-state index contributed by atoms with van der Waals surface area (Å²) in [5.74, 6) is -0.315. The third-order valence-corrected chi connectivity index (χ3v) is 6.17. The Labute approximate surface area is 185 Å². The van der Waals surface area contributed by atoms with E-state index in [1.807, 2.05) is 60.8 Å². The summed E-state index contributed by atoms with van der Waals surface area (Å²) >= 11 is 0. The molecule has 2 amide bonds. The smallest absolute Gasteiger partial charge is 0.254 e. The molecular formula is C26H23N3O3. The van der Waals surface area contributed by atoms with Gasteiger partial charge in [0.2, 0.25) is 5.91 Å². The second kappa shape index (κ2) is 7.89. The number of aromatic nitrogens is 1. The Morgan fingerprint density at radius 3 is 2.53 bits per heavy atom. The maximum absolute atomic E-state index is 13.8. The SMILES string of the molecule is COc1ccccc1NC(=O)[C@H]1c2ccccc2C(=O)N(C)[C@H]1c1c[nH]c2ccccc12. The van der Waals surface area contributed by atoms with E-state index in [1.165, 1.54) is 0 Å². The van der Waals surface area contributed by atoms with Gasteiger partial charge in [0.25, 0.3) is 5.91 Å². The predicted molar refractivity (Wildman–Crippen MR) is 124 cm³/mol. The average molecular weight is 425 g/mol. The number of nitrogens with one attached hydrogen (secondary N) is 2. The van der Waals surface area contributed by atoms with E-state index in [9.17, 15) is 9.59 Å². The lowest BCUT2D eigenvalue weighted by atomic mass is 9.79. The van der Waals surface area contributed by atoms with Gasteiger partial charge in [-0.25, -0.2) is 0 Å². The number of amides is 2. The van der Waals surface area contributed by atoms with Gasteiger partial charge in [0, 0.05) is 35.3 Å². The van der Waals surface area contributed by atoms with E-state index in [-0.39, 0.29) is 11.8 Å². The van der Waals surface area contributed by atoms with Crippen molar-refractivity contribution >= 4 is 28.4 Å². The second-order valence-corrected chi connectivity index (χ2v) is 7.90. The summed E-state index contributed by atoms with van der Waals surface area (Å²) in [6.07, 6.45) is 1.90. The lowest BCUT2D eigenvalue weighted by Crippen LogP contribution is -2.44. The number of rotatable bonds is 4. The van der Waals surface area contributed by atoms with Crippen molar-refractivity contribution in [3.8, 4) is 5.75 Å². The van der Waals surface area contributed by atoms with Crippen molar-refractivity contribution in [3.63, 3.8) is 0 Å². The summed E-state index contributed by atoms with van der Waals surface area (Å²) in [6.45, 7) is 0. The molecule has 160 valence electrons. The molecule has 0 unspecified atom stereocenters. The summed E-state index contributed by atoms with van der Waals surface area (Å²) in [5.41, 5.74) is 3.73. The van der Waals surface area contributed by atoms with Crippen LogP contribution in [0, 0.1) is 0 Å². The van der Waals surface area contributed by atoms with Crippen LogP contribution < -0.4 is 10.1 Å². The van der Waals surface area contributed by atoms with E-state index < -0.39 is 12.0 Å². The molecule has 6 nitrogen and oxygen atoms in total. The zero-order valence-electron chi connectivity index (χ0n) is 17.8. The molecule has 0 radical (unpaired) electrons. The molecule has 2 atom stereocenters. The lowest BCUT2D eigenvalue weighted by molar-refractivity contribution is -0.119. The van der Waals surface area contributed by atoms with Gasteiger partial charge in [0.15, 0.2) is 0 Å². The maximum atomic E-state index is 13.8. The van der Waals surface area contributed by atoms with Crippen molar-refractivity contribution in [1.82, 2.24) is 9.88 Å².